The zero-order chi connectivity index (χ0) is 16.8. The van der Waals surface area contributed by atoms with Gasteiger partial charge in [-0.25, -0.2) is 0 Å². The molecule has 0 radical (unpaired) electrons. The molecular formula is C19H27N3O2. The number of rotatable bonds is 4. The Balaban J connectivity index is 1.40. The van der Waals surface area contributed by atoms with E-state index in [4.69, 9.17) is 0 Å². The van der Waals surface area contributed by atoms with Crippen LogP contribution in [0.2, 0.25) is 0 Å². The van der Waals surface area contributed by atoms with Crippen LogP contribution >= 0.6 is 0 Å². The third-order valence-electron chi connectivity index (χ3n) is 5.03. The smallest absolute Gasteiger partial charge is 0.253 e. The lowest BCUT2D eigenvalue weighted by molar-refractivity contribution is -0.132. The van der Waals surface area contributed by atoms with E-state index < -0.39 is 0 Å². The first-order chi connectivity index (χ1) is 11.7. The van der Waals surface area contributed by atoms with E-state index in [0.29, 0.717) is 6.42 Å². The first-order valence-electron chi connectivity index (χ1n) is 9.08. The van der Waals surface area contributed by atoms with Gasteiger partial charge >= 0.3 is 0 Å². The van der Waals surface area contributed by atoms with Crippen molar-refractivity contribution in [1.82, 2.24) is 14.7 Å². The van der Waals surface area contributed by atoms with Gasteiger partial charge in [-0.2, -0.15) is 0 Å². The quantitative estimate of drug-likeness (QED) is 0.847. The monoisotopic (exact) mass is 329 g/mol. The Morgan fingerprint density at radius 1 is 0.792 bits per heavy atom. The molecule has 0 spiro atoms. The van der Waals surface area contributed by atoms with Crippen LogP contribution in [0.4, 0.5) is 0 Å². The van der Waals surface area contributed by atoms with Crippen LogP contribution in [0.1, 0.15) is 36.0 Å². The summed E-state index contributed by atoms with van der Waals surface area (Å²) < 4.78 is 0. The van der Waals surface area contributed by atoms with Crippen molar-refractivity contribution >= 4 is 11.8 Å². The molecule has 0 saturated carbocycles. The number of carbonyl (C=O) groups is 2. The molecule has 2 aliphatic rings. The van der Waals surface area contributed by atoms with Crippen LogP contribution in [0, 0.1) is 0 Å². The highest BCUT2D eigenvalue weighted by Gasteiger charge is 2.23. The van der Waals surface area contributed by atoms with Gasteiger partial charge in [0.25, 0.3) is 5.91 Å². The van der Waals surface area contributed by atoms with E-state index in [0.717, 1.165) is 64.2 Å². The van der Waals surface area contributed by atoms with Crippen LogP contribution < -0.4 is 0 Å². The van der Waals surface area contributed by atoms with Gasteiger partial charge in [0, 0.05) is 57.8 Å². The maximum atomic E-state index is 12.4. The molecule has 0 N–H and O–H groups in total. The summed E-state index contributed by atoms with van der Waals surface area (Å²) in [5.74, 6) is 0.400. The summed E-state index contributed by atoms with van der Waals surface area (Å²) >= 11 is 0. The number of benzene rings is 1. The lowest BCUT2D eigenvalue weighted by Crippen LogP contribution is -2.49. The summed E-state index contributed by atoms with van der Waals surface area (Å²) in [5, 5.41) is 0. The van der Waals surface area contributed by atoms with Gasteiger partial charge in [0.2, 0.25) is 5.91 Å². The van der Waals surface area contributed by atoms with Gasteiger partial charge in [0.05, 0.1) is 0 Å². The molecule has 1 aromatic rings. The predicted octanol–water partition coefficient (Wildman–Crippen LogP) is 1.85. The fraction of sp³-hybridized carbons (Fsp3) is 0.579. The highest BCUT2D eigenvalue weighted by Crippen LogP contribution is 2.12. The molecule has 24 heavy (non-hydrogen) atoms. The van der Waals surface area contributed by atoms with Crippen molar-refractivity contribution in [3.8, 4) is 0 Å². The third-order valence-corrected chi connectivity index (χ3v) is 5.03. The minimum atomic E-state index is 0.111. The van der Waals surface area contributed by atoms with E-state index in [1.165, 1.54) is 6.42 Å². The normalized spacial score (nSPS) is 19.3. The second-order valence-electron chi connectivity index (χ2n) is 6.69. The SMILES string of the molecule is O=C(CCN1CCN(C(=O)c2ccccc2)CC1)N1CCCCC1. The molecule has 2 saturated heterocycles. The fourth-order valence-corrected chi connectivity index (χ4v) is 3.49. The molecule has 1 aromatic carbocycles. The number of piperazine rings is 1. The molecule has 0 atom stereocenters. The summed E-state index contributed by atoms with van der Waals surface area (Å²) in [5.41, 5.74) is 0.756. The molecule has 5 nitrogen and oxygen atoms in total. The largest absolute Gasteiger partial charge is 0.343 e. The first-order valence-corrected chi connectivity index (χ1v) is 9.08. The number of carbonyl (C=O) groups excluding carboxylic acids is 2. The zero-order valence-electron chi connectivity index (χ0n) is 14.3. The van der Waals surface area contributed by atoms with Crippen molar-refractivity contribution in [2.75, 3.05) is 45.8 Å². The molecule has 130 valence electrons. The number of likely N-dealkylation sites (tertiary alicyclic amines) is 1. The number of piperidine rings is 1. The summed E-state index contributed by atoms with van der Waals surface area (Å²) in [6.45, 7) is 5.86. The van der Waals surface area contributed by atoms with Crippen LogP contribution in [0.25, 0.3) is 0 Å². The second kappa shape index (κ2) is 8.29. The van der Waals surface area contributed by atoms with Crippen molar-refractivity contribution < 1.29 is 9.59 Å². The topological polar surface area (TPSA) is 43.9 Å². The third kappa shape index (κ3) is 4.35. The molecule has 2 amide bonds. The van der Waals surface area contributed by atoms with E-state index in [1.54, 1.807) is 0 Å². The lowest BCUT2D eigenvalue weighted by Gasteiger charge is -2.35. The maximum Gasteiger partial charge on any atom is 0.253 e. The highest BCUT2D eigenvalue weighted by atomic mass is 16.2. The van der Waals surface area contributed by atoms with Gasteiger partial charge in [-0.1, -0.05) is 18.2 Å². The molecule has 2 heterocycles. The molecule has 0 aliphatic carbocycles. The van der Waals surface area contributed by atoms with E-state index in [1.807, 2.05) is 40.1 Å². The van der Waals surface area contributed by atoms with Gasteiger partial charge in [-0.3, -0.25) is 14.5 Å². The van der Waals surface area contributed by atoms with E-state index in [9.17, 15) is 9.59 Å². The van der Waals surface area contributed by atoms with Gasteiger partial charge in [-0.15, -0.1) is 0 Å². The minimum absolute atomic E-state index is 0.111. The highest BCUT2D eigenvalue weighted by molar-refractivity contribution is 5.94. The summed E-state index contributed by atoms with van der Waals surface area (Å²) in [6, 6.07) is 9.46. The first kappa shape index (κ1) is 17.0. The van der Waals surface area contributed by atoms with Gasteiger partial charge < -0.3 is 9.80 Å². The van der Waals surface area contributed by atoms with Gasteiger partial charge in [0.1, 0.15) is 0 Å². The second-order valence-corrected chi connectivity index (χ2v) is 6.69. The minimum Gasteiger partial charge on any atom is -0.343 e. The lowest BCUT2D eigenvalue weighted by atomic mass is 10.1. The van der Waals surface area contributed by atoms with Crippen LogP contribution in [-0.4, -0.2) is 72.3 Å². The fourth-order valence-electron chi connectivity index (χ4n) is 3.49. The van der Waals surface area contributed by atoms with Crippen molar-refractivity contribution in [2.24, 2.45) is 0 Å². The Morgan fingerprint density at radius 2 is 1.46 bits per heavy atom. The van der Waals surface area contributed by atoms with Crippen molar-refractivity contribution in [3.05, 3.63) is 35.9 Å². The Hall–Kier alpha value is -1.88. The average Bonchev–Trinajstić information content (AvgIpc) is 2.67. The predicted molar refractivity (Wildman–Crippen MR) is 93.8 cm³/mol. The summed E-state index contributed by atoms with van der Waals surface area (Å²) in [7, 11) is 0. The molecule has 0 unspecified atom stereocenters. The van der Waals surface area contributed by atoms with Crippen molar-refractivity contribution in [1.29, 1.82) is 0 Å². The Morgan fingerprint density at radius 3 is 2.12 bits per heavy atom. The Bertz CT molecular complexity index is 547. The van der Waals surface area contributed by atoms with E-state index in [-0.39, 0.29) is 11.8 Å². The molecule has 2 aliphatic heterocycles. The molecule has 3 rings (SSSR count). The Kier molecular flexibility index (Phi) is 5.86. The molecule has 0 bridgehead atoms. The summed E-state index contributed by atoms with van der Waals surface area (Å²) in [4.78, 5) is 30.9. The molecular weight excluding hydrogens is 302 g/mol. The van der Waals surface area contributed by atoms with Crippen LogP contribution in [0.15, 0.2) is 30.3 Å². The maximum absolute atomic E-state index is 12.4. The van der Waals surface area contributed by atoms with Crippen LogP contribution in [0.5, 0.6) is 0 Å². The molecule has 2 fully saturated rings. The average molecular weight is 329 g/mol. The van der Waals surface area contributed by atoms with E-state index >= 15 is 0 Å². The van der Waals surface area contributed by atoms with Crippen LogP contribution in [-0.2, 0) is 4.79 Å². The van der Waals surface area contributed by atoms with Gasteiger partial charge in [0.15, 0.2) is 0 Å². The standard InChI is InChI=1S/C19H27N3O2/c23-18(21-10-5-2-6-11-21)9-12-20-13-15-22(16-14-20)19(24)17-7-3-1-4-8-17/h1,3-4,7-8H,2,5-6,9-16H2. The number of nitrogens with zero attached hydrogens (tertiary/aromatic N) is 3. The summed E-state index contributed by atoms with van der Waals surface area (Å²) in [6.07, 6.45) is 4.14. The number of hydrogen-bond acceptors (Lipinski definition) is 3. The Labute approximate surface area is 144 Å². The molecule has 0 aromatic heterocycles. The number of amides is 2. The van der Waals surface area contributed by atoms with Crippen molar-refractivity contribution in [2.45, 2.75) is 25.7 Å². The van der Waals surface area contributed by atoms with Crippen molar-refractivity contribution in [3.63, 3.8) is 0 Å². The number of hydrogen-bond donors (Lipinski definition) is 0. The van der Waals surface area contributed by atoms with E-state index in [2.05, 4.69) is 4.90 Å². The van der Waals surface area contributed by atoms with Gasteiger partial charge in [-0.05, 0) is 31.4 Å². The zero-order valence-corrected chi connectivity index (χ0v) is 14.3. The van der Waals surface area contributed by atoms with Crippen LogP contribution in [0.3, 0.4) is 0 Å². The molecule has 5 heteroatoms.